The van der Waals surface area contributed by atoms with E-state index in [-0.39, 0.29) is 30.5 Å². The summed E-state index contributed by atoms with van der Waals surface area (Å²) in [6, 6.07) is 7.55. The number of rotatable bonds is 3. The van der Waals surface area contributed by atoms with Crippen LogP contribution in [0.15, 0.2) is 30.5 Å². The van der Waals surface area contributed by atoms with Crippen LogP contribution in [0.3, 0.4) is 0 Å². The van der Waals surface area contributed by atoms with Crippen molar-refractivity contribution in [2.24, 2.45) is 5.73 Å². The molecule has 1 aromatic carbocycles. The smallest absolute Gasteiger partial charge is 0.240 e. The van der Waals surface area contributed by atoms with Crippen molar-refractivity contribution in [2.45, 2.75) is 38.5 Å². The van der Waals surface area contributed by atoms with Crippen molar-refractivity contribution in [3.05, 3.63) is 36.0 Å². The molecule has 0 aliphatic carbocycles. The Morgan fingerprint density at radius 1 is 1.35 bits per heavy atom. The highest BCUT2D eigenvalue weighted by atomic mass is 35.5. The van der Waals surface area contributed by atoms with Crippen LogP contribution in [-0.2, 0) is 16.0 Å². The molecule has 0 spiro atoms. The average Bonchev–Trinajstić information content (AvgIpc) is 2.89. The van der Waals surface area contributed by atoms with Gasteiger partial charge in [0.25, 0.3) is 0 Å². The van der Waals surface area contributed by atoms with E-state index in [1.807, 2.05) is 43.1 Å². The molecule has 3 N–H and O–H groups in total. The van der Waals surface area contributed by atoms with Crippen LogP contribution < -0.4 is 5.73 Å². The molecule has 23 heavy (non-hydrogen) atoms. The molecule has 2 aromatic rings. The van der Waals surface area contributed by atoms with Crippen LogP contribution in [0.25, 0.3) is 10.9 Å². The summed E-state index contributed by atoms with van der Waals surface area (Å²) in [7, 11) is 0. The van der Waals surface area contributed by atoms with Gasteiger partial charge in [-0.3, -0.25) is 4.79 Å². The van der Waals surface area contributed by atoms with Gasteiger partial charge in [0, 0.05) is 30.2 Å². The van der Waals surface area contributed by atoms with Gasteiger partial charge in [0.15, 0.2) is 0 Å². The monoisotopic (exact) mass is 337 g/mol. The Labute approximate surface area is 142 Å². The van der Waals surface area contributed by atoms with Crippen molar-refractivity contribution in [2.75, 3.05) is 13.1 Å². The molecule has 1 aromatic heterocycles. The predicted octanol–water partition coefficient (Wildman–Crippen LogP) is 2.10. The highest BCUT2D eigenvalue weighted by Crippen LogP contribution is 2.20. The first-order valence-electron chi connectivity index (χ1n) is 7.79. The second-order valence-corrected chi connectivity index (χ2v) is 6.17. The summed E-state index contributed by atoms with van der Waals surface area (Å²) < 4.78 is 5.67. The first-order chi connectivity index (χ1) is 10.5. The van der Waals surface area contributed by atoms with E-state index in [1.54, 1.807) is 0 Å². The Balaban J connectivity index is 0.00000192. The van der Waals surface area contributed by atoms with Gasteiger partial charge in [-0.1, -0.05) is 18.2 Å². The van der Waals surface area contributed by atoms with E-state index in [1.165, 1.54) is 0 Å². The largest absolute Gasteiger partial charge is 0.372 e. The van der Waals surface area contributed by atoms with Gasteiger partial charge in [-0.15, -0.1) is 12.4 Å². The number of nitrogens with one attached hydrogen (secondary N) is 1. The number of halogens is 1. The van der Waals surface area contributed by atoms with Crippen molar-refractivity contribution in [3.63, 3.8) is 0 Å². The molecule has 126 valence electrons. The number of para-hydroxylation sites is 1. The molecule has 1 fully saturated rings. The molecule has 1 saturated heterocycles. The number of fused-ring (bicyclic) bond motifs is 1. The number of nitrogens with two attached hydrogens (primary N) is 1. The minimum atomic E-state index is -0.517. The van der Waals surface area contributed by atoms with Crippen LogP contribution in [0, 0.1) is 0 Å². The summed E-state index contributed by atoms with van der Waals surface area (Å²) in [5.41, 5.74) is 8.34. The standard InChI is InChI=1S/C17H23N3O2.ClH/c1-11-9-20(10-12(2)22-11)17(21)15(18)7-13-8-19-16-6-4-3-5-14(13)16;/h3-6,8,11-12,15,19H,7,9-10,18H2,1-2H3;1H/t11-,12+,15-;/m0./s1. The van der Waals surface area contributed by atoms with Crippen molar-refractivity contribution in [3.8, 4) is 0 Å². The SMILES string of the molecule is C[C@@H]1CN(C(=O)[C@@H](N)Cc2c[nH]c3ccccc23)C[C@H](C)O1.Cl. The minimum absolute atomic E-state index is 0. The molecular formula is C17H24ClN3O2. The van der Waals surface area contributed by atoms with Gasteiger partial charge in [0.2, 0.25) is 5.91 Å². The summed E-state index contributed by atoms with van der Waals surface area (Å²) in [6.07, 6.45) is 2.62. The molecule has 3 atom stereocenters. The lowest BCUT2D eigenvalue weighted by atomic mass is 10.0. The summed E-state index contributed by atoms with van der Waals surface area (Å²) >= 11 is 0. The average molecular weight is 338 g/mol. The van der Waals surface area contributed by atoms with Gasteiger partial charge in [-0.25, -0.2) is 0 Å². The molecule has 1 aliphatic rings. The number of morpholine rings is 1. The summed E-state index contributed by atoms with van der Waals surface area (Å²) in [5.74, 6) is 0.00674. The molecule has 2 heterocycles. The first kappa shape index (κ1) is 17.8. The molecule has 0 radical (unpaired) electrons. The fourth-order valence-electron chi connectivity index (χ4n) is 3.22. The Hall–Kier alpha value is -1.56. The number of carbonyl (C=O) groups is 1. The number of hydrogen-bond donors (Lipinski definition) is 2. The Kier molecular flexibility index (Phi) is 5.68. The van der Waals surface area contributed by atoms with Crippen molar-refractivity contribution < 1.29 is 9.53 Å². The molecule has 3 rings (SSSR count). The van der Waals surface area contributed by atoms with Crippen LogP contribution in [-0.4, -0.2) is 47.1 Å². The third-order valence-electron chi connectivity index (χ3n) is 4.16. The zero-order chi connectivity index (χ0) is 15.7. The third-order valence-corrected chi connectivity index (χ3v) is 4.16. The number of hydrogen-bond acceptors (Lipinski definition) is 3. The van der Waals surface area contributed by atoms with Crippen LogP contribution >= 0.6 is 12.4 Å². The molecule has 0 bridgehead atoms. The first-order valence-corrected chi connectivity index (χ1v) is 7.79. The lowest BCUT2D eigenvalue weighted by molar-refractivity contribution is -0.144. The van der Waals surface area contributed by atoms with Crippen molar-refractivity contribution in [1.82, 2.24) is 9.88 Å². The van der Waals surface area contributed by atoms with Crippen LogP contribution in [0.4, 0.5) is 0 Å². The van der Waals surface area contributed by atoms with Gasteiger partial charge >= 0.3 is 0 Å². The van der Waals surface area contributed by atoms with Crippen molar-refractivity contribution in [1.29, 1.82) is 0 Å². The van der Waals surface area contributed by atoms with Gasteiger partial charge in [-0.05, 0) is 31.9 Å². The number of benzene rings is 1. The highest BCUT2D eigenvalue weighted by molar-refractivity contribution is 5.86. The summed E-state index contributed by atoms with van der Waals surface area (Å²) in [6.45, 7) is 5.21. The normalized spacial score (nSPS) is 22.7. The van der Waals surface area contributed by atoms with E-state index < -0.39 is 6.04 Å². The van der Waals surface area contributed by atoms with E-state index >= 15 is 0 Å². The Morgan fingerprint density at radius 3 is 2.70 bits per heavy atom. The zero-order valence-corrected chi connectivity index (χ0v) is 14.3. The number of aromatic nitrogens is 1. The van der Waals surface area contributed by atoms with E-state index in [4.69, 9.17) is 10.5 Å². The Bertz CT molecular complexity index is 663. The number of H-pyrrole nitrogens is 1. The van der Waals surface area contributed by atoms with E-state index in [9.17, 15) is 4.79 Å². The molecule has 1 amide bonds. The lowest BCUT2D eigenvalue weighted by Gasteiger charge is -2.36. The topological polar surface area (TPSA) is 71.3 Å². The number of carbonyl (C=O) groups excluding carboxylic acids is 1. The Morgan fingerprint density at radius 2 is 2.00 bits per heavy atom. The van der Waals surface area contributed by atoms with Gasteiger partial charge in [0.1, 0.15) is 0 Å². The van der Waals surface area contributed by atoms with Crippen LogP contribution in [0.5, 0.6) is 0 Å². The van der Waals surface area contributed by atoms with E-state index in [2.05, 4.69) is 11.1 Å². The second-order valence-electron chi connectivity index (χ2n) is 6.17. The number of ether oxygens (including phenoxy) is 1. The molecule has 0 saturated carbocycles. The van der Waals surface area contributed by atoms with Gasteiger partial charge < -0.3 is 20.4 Å². The lowest BCUT2D eigenvalue weighted by Crippen LogP contribution is -2.53. The predicted molar refractivity (Wildman–Crippen MR) is 93.8 cm³/mol. The maximum absolute atomic E-state index is 12.6. The summed E-state index contributed by atoms with van der Waals surface area (Å²) in [5, 5.41) is 1.13. The molecular weight excluding hydrogens is 314 g/mol. The fraction of sp³-hybridized carbons (Fsp3) is 0.471. The molecule has 0 unspecified atom stereocenters. The third kappa shape index (κ3) is 3.86. The second kappa shape index (κ2) is 7.34. The van der Waals surface area contributed by atoms with Gasteiger partial charge in [0.05, 0.1) is 18.2 Å². The van der Waals surface area contributed by atoms with Crippen LogP contribution in [0.2, 0.25) is 0 Å². The van der Waals surface area contributed by atoms with E-state index in [0.29, 0.717) is 19.5 Å². The van der Waals surface area contributed by atoms with E-state index in [0.717, 1.165) is 16.5 Å². The van der Waals surface area contributed by atoms with Gasteiger partial charge in [-0.2, -0.15) is 0 Å². The summed E-state index contributed by atoms with van der Waals surface area (Å²) in [4.78, 5) is 17.6. The highest BCUT2D eigenvalue weighted by Gasteiger charge is 2.29. The molecule has 5 nitrogen and oxygen atoms in total. The van der Waals surface area contributed by atoms with Crippen LogP contribution in [0.1, 0.15) is 19.4 Å². The number of nitrogens with zero attached hydrogens (tertiary/aromatic N) is 1. The number of amides is 1. The molecule has 1 aliphatic heterocycles. The number of aromatic amines is 1. The fourth-order valence-corrected chi connectivity index (χ4v) is 3.22. The maximum Gasteiger partial charge on any atom is 0.240 e. The van der Waals surface area contributed by atoms with Crippen molar-refractivity contribution >= 4 is 29.2 Å². The molecule has 6 heteroatoms. The zero-order valence-electron chi connectivity index (χ0n) is 13.5. The quantitative estimate of drug-likeness (QED) is 0.901. The maximum atomic E-state index is 12.6. The minimum Gasteiger partial charge on any atom is -0.372 e.